The topological polar surface area (TPSA) is 59.4 Å². The molecule has 2 aliphatic rings. The molecule has 2 aliphatic heterocycles. The van der Waals surface area contributed by atoms with E-state index in [0.717, 1.165) is 24.2 Å². The normalized spacial score (nSPS) is 22.7. The largest absolute Gasteiger partial charge is 0.416 e. The summed E-state index contributed by atoms with van der Waals surface area (Å²) in [5.74, 6) is -0.0825. The molecule has 0 radical (unpaired) electrons. The number of hydrogen-bond acceptors (Lipinski definition) is 3. The van der Waals surface area contributed by atoms with E-state index in [1.165, 1.54) is 22.7 Å². The van der Waals surface area contributed by atoms with Crippen LogP contribution in [0.4, 0.5) is 13.2 Å². The van der Waals surface area contributed by atoms with Crippen molar-refractivity contribution in [3.63, 3.8) is 0 Å². The van der Waals surface area contributed by atoms with Gasteiger partial charge in [-0.1, -0.05) is 12.1 Å². The molecule has 0 saturated carbocycles. The molecule has 5 nitrogen and oxygen atoms in total. The van der Waals surface area contributed by atoms with Crippen LogP contribution in [-0.4, -0.2) is 36.6 Å². The summed E-state index contributed by atoms with van der Waals surface area (Å²) >= 11 is 0. The van der Waals surface area contributed by atoms with Crippen LogP contribution < -0.4 is 5.56 Å². The van der Waals surface area contributed by atoms with Gasteiger partial charge in [0.25, 0.3) is 5.56 Å². The predicted molar refractivity (Wildman–Crippen MR) is 98.4 cm³/mol. The minimum atomic E-state index is -4.48. The van der Waals surface area contributed by atoms with E-state index in [1.807, 2.05) is 0 Å². The molecule has 3 heterocycles. The van der Waals surface area contributed by atoms with E-state index >= 15 is 0 Å². The van der Waals surface area contributed by atoms with Gasteiger partial charge in [-0.25, -0.2) is 12.7 Å². The van der Waals surface area contributed by atoms with E-state index in [2.05, 4.69) is 0 Å². The molecule has 2 bridgehead atoms. The molecular weight excluding hydrogens is 393 g/mol. The number of pyridine rings is 1. The highest BCUT2D eigenvalue weighted by molar-refractivity contribution is 7.88. The van der Waals surface area contributed by atoms with Crippen LogP contribution in [-0.2, 0) is 22.7 Å². The van der Waals surface area contributed by atoms with Gasteiger partial charge in [0.15, 0.2) is 0 Å². The van der Waals surface area contributed by atoms with Crippen LogP contribution in [0.15, 0.2) is 41.2 Å². The van der Waals surface area contributed by atoms with Crippen LogP contribution in [0.25, 0.3) is 11.1 Å². The first-order chi connectivity index (χ1) is 13.0. The maximum absolute atomic E-state index is 13.0. The Morgan fingerprint density at radius 2 is 1.82 bits per heavy atom. The van der Waals surface area contributed by atoms with Gasteiger partial charge >= 0.3 is 6.18 Å². The van der Waals surface area contributed by atoms with E-state index in [-0.39, 0.29) is 28.5 Å². The Morgan fingerprint density at radius 1 is 1.07 bits per heavy atom. The molecule has 2 atom stereocenters. The molecule has 150 valence electrons. The zero-order chi connectivity index (χ0) is 20.3. The number of fused-ring (bicyclic) bond motifs is 4. The van der Waals surface area contributed by atoms with Crippen LogP contribution in [0.2, 0.25) is 0 Å². The fraction of sp³-hybridized carbons (Fsp3) is 0.421. The Morgan fingerprint density at radius 3 is 2.50 bits per heavy atom. The van der Waals surface area contributed by atoms with E-state index in [1.54, 1.807) is 16.7 Å². The van der Waals surface area contributed by atoms with Crippen molar-refractivity contribution in [2.45, 2.75) is 25.1 Å². The molecule has 0 N–H and O–H groups in total. The van der Waals surface area contributed by atoms with Crippen molar-refractivity contribution in [3.05, 3.63) is 58.0 Å². The van der Waals surface area contributed by atoms with Gasteiger partial charge < -0.3 is 4.57 Å². The average molecular weight is 412 g/mol. The first-order valence-corrected chi connectivity index (χ1v) is 10.8. The van der Waals surface area contributed by atoms with Crippen LogP contribution in [0.1, 0.15) is 23.6 Å². The molecule has 0 unspecified atom stereocenters. The quantitative estimate of drug-likeness (QED) is 0.762. The lowest BCUT2D eigenvalue weighted by Crippen LogP contribution is -2.48. The third-order valence-corrected chi connectivity index (χ3v) is 6.78. The van der Waals surface area contributed by atoms with Gasteiger partial charge in [-0.05, 0) is 42.2 Å². The number of piperidine rings is 1. The molecule has 1 saturated heterocycles. The fourth-order valence-electron chi connectivity index (χ4n) is 4.26. The van der Waals surface area contributed by atoms with Gasteiger partial charge in [-0.3, -0.25) is 4.79 Å². The number of hydrogen-bond donors (Lipinski definition) is 0. The van der Waals surface area contributed by atoms with Gasteiger partial charge in [0, 0.05) is 36.8 Å². The maximum Gasteiger partial charge on any atom is 0.416 e. The third kappa shape index (κ3) is 3.37. The van der Waals surface area contributed by atoms with E-state index < -0.39 is 21.8 Å². The molecule has 2 aromatic rings. The monoisotopic (exact) mass is 412 g/mol. The lowest BCUT2D eigenvalue weighted by Gasteiger charge is -2.41. The summed E-state index contributed by atoms with van der Waals surface area (Å²) in [6.07, 6.45) is -2.50. The lowest BCUT2D eigenvalue weighted by atomic mass is 9.84. The van der Waals surface area contributed by atoms with Gasteiger partial charge in [0.2, 0.25) is 10.0 Å². The van der Waals surface area contributed by atoms with Gasteiger partial charge in [-0.2, -0.15) is 13.2 Å². The number of alkyl halides is 3. The summed E-state index contributed by atoms with van der Waals surface area (Å²) in [6, 6.07) is 8.03. The van der Waals surface area contributed by atoms with Crippen molar-refractivity contribution in [2.75, 3.05) is 19.3 Å². The molecule has 0 amide bonds. The Balaban J connectivity index is 1.75. The Bertz CT molecular complexity index is 1090. The fourth-order valence-corrected chi connectivity index (χ4v) is 5.19. The van der Waals surface area contributed by atoms with Gasteiger partial charge in [-0.15, -0.1) is 0 Å². The zero-order valence-corrected chi connectivity index (χ0v) is 15.9. The average Bonchev–Trinajstić information content (AvgIpc) is 2.61. The number of aromatic nitrogens is 1. The number of nitrogens with zero attached hydrogens (tertiary/aromatic N) is 2. The molecule has 1 aromatic carbocycles. The molecule has 0 spiro atoms. The van der Waals surface area contributed by atoms with Crippen molar-refractivity contribution >= 4 is 10.0 Å². The second-order valence-electron chi connectivity index (χ2n) is 7.54. The summed E-state index contributed by atoms with van der Waals surface area (Å²) in [4.78, 5) is 13.0. The SMILES string of the molecule is CS(=O)(=O)N1C[C@@H]2C[C@H](C1)c1ccc(-c3cccc(C(F)(F)F)c3)c(=O)n1C2. The van der Waals surface area contributed by atoms with Crippen LogP contribution >= 0.6 is 0 Å². The standard InChI is InChI=1S/C19H19F3N2O3S/c1-28(26,27)23-9-12-7-14(11-23)17-6-5-16(18(25)24(17)10-12)13-3-2-4-15(8-13)19(20,21)22/h2-6,8,12,14H,7,9-11H2,1H3/t12-,14+/m0/s1. The van der Waals surface area contributed by atoms with Crippen molar-refractivity contribution in [1.82, 2.24) is 8.87 Å². The van der Waals surface area contributed by atoms with Crippen molar-refractivity contribution in [2.24, 2.45) is 5.92 Å². The van der Waals surface area contributed by atoms with Crippen LogP contribution in [0.3, 0.4) is 0 Å². The number of rotatable bonds is 2. The molecule has 28 heavy (non-hydrogen) atoms. The van der Waals surface area contributed by atoms with Crippen LogP contribution in [0, 0.1) is 5.92 Å². The van der Waals surface area contributed by atoms with Gasteiger partial charge in [0.1, 0.15) is 0 Å². The first-order valence-electron chi connectivity index (χ1n) is 8.90. The predicted octanol–water partition coefficient (Wildman–Crippen LogP) is 2.91. The molecule has 4 rings (SSSR count). The van der Waals surface area contributed by atoms with E-state index in [0.29, 0.717) is 19.6 Å². The Hall–Kier alpha value is -2.13. The molecule has 0 aliphatic carbocycles. The van der Waals surface area contributed by atoms with E-state index in [9.17, 15) is 26.4 Å². The summed E-state index contributed by atoms with van der Waals surface area (Å²) in [6.45, 7) is 1.04. The summed E-state index contributed by atoms with van der Waals surface area (Å²) < 4.78 is 65.9. The van der Waals surface area contributed by atoms with Crippen molar-refractivity contribution in [1.29, 1.82) is 0 Å². The second-order valence-corrected chi connectivity index (χ2v) is 9.53. The highest BCUT2D eigenvalue weighted by Crippen LogP contribution is 2.37. The van der Waals surface area contributed by atoms with Crippen molar-refractivity contribution in [3.8, 4) is 11.1 Å². The summed E-state index contributed by atoms with van der Waals surface area (Å²) in [5.41, 5.74) is 0.0517. The Labute approximate surface area is 160 Å². The van der Waals surface area contributed by atoms with Gasteiger partial charge in [0.05, 0.1) is 11.8 Å². The van der Waals surface area contributed by atoms with E-state index in [4.69, 9.17) is 0 Å². The second kappa shape index (κ2) is 6.45. The lowest BCUT2D eigenvalue weighted by molar-refractivity contribution is -0.137. The number of halogens is 3. The molecular formula is C19H19F3N2O3S. The summed E-state index contributed by atoms with van der Waals surface area (Å²) in [5, 5.41) is 0. The number of benzene rings is 1. The summed E-state index contributed by atoms with van der Waals surface area (Å²) in [7, 11) is -3.31. The molecule has 1 aromatic heterocycles. The highest BCUT2D eigenvalue weighted by Gasteiger charge is 2.38. The number of sulfonamides is 1. The zero-order valence-electron chi connectivity index (χ0n) is 15.1. The Kier molecular flexibility index (Phi) is 4.42. The minimum Gasteiger partial charge on any atom is -0.311 e. The molecule has 9 heteroatoms. The smallest absolute Gasteiger partial charge is 0.311 e. The first kappa shape index (κ1) is 19.2. The minimum absolute atomic E-state index is 0.00966. The van der Waals surface area contributed by atoms with Crippen molar-refractivity contribution < 1.29 is 21.6 Å². The highest BCUT2D eigenvalue weighted by atomic mass is 32.2. The maximum atomic E-state index is 13.0. The van der Waals surface area contributed by atoms with Crippen LogP contribution in [0.5, 0.6) is 0 Å². The molecule has 1 fully saturated rings. The third-order valence-electron chi connectivity index (χ3n) is 5.54.